The van der Waals surface area contributed by atoms with Gasteiger partial charge in [0, 0.05) is 12.6 Å². The van der Waals surface area contributed by atoms with E-state index >= 15 is 0 Å². The first-order valence-corrected chi connectivity index (χ1v) is 11.7. The molecule has 10 nitrogen and oxygen atoms in total. The smallest absolute Gasteiger partial charge is 0.410 e. The number of carbonyl (C=O) groups excluding carboxylic acids is 3. The van der Waals surface area contributed by atoms with Crippen molar-refractivity contribution in [2.24, 2.45) is 0 Å². The molecule has 2 saturated heterocycles. The van der Waals surface area contributed by atoms with E-state index < -0.39 is 17.7 Å². The Balaban J connectivity index is 1.46. The lowest BCUT2D eigenvalue weighted by Crippen LogP contribution is -2.50. The molecule has 2 bridgehead atoms. The molecule has 1 aromatic rings. The Kier molecular flexibility index (Phi) is 8.37. The fourth-order valence-electron chi connectivity index (χ4n) is 4.00. The van der Waals surface area contributed by atoms with Gasteiger partial charge in [-0.1, -0.05) is 30.3 Å². The van der Waals surface area contributed by atoms with Gasteiger partial charge in [-0.2, -0.15) is 5.06 Å². The minimum Gasteiger partial charge on any atom is -0.444 e. The van der Waals surface area contributed by atoms with Crippen molar-refractivity contribution in [3.63, 3.8) is 0 Å². The van der Waals surface area contributed by atoms with E-state index in [0.717, 1.165) is 5.56 Å². The molecule has 0 aromatic heterocycles. The number of ether oxygens (including phenoxy) is 1. The van der Waals surface area contributed by atoms with Crippen LogP contribution in [-0.2, 0) is 25.8 Å². The molecule has 34 heavy (non-hydrogen) atoms. The number of amides is 4. The van der Waals surface area contributed by atoms with Gasteiger partial charge < -0.3 is 14.5 Å². The highest BCUT2D eigenvalue weighted by Gasteiger charge is 2.48. The molecule has 4 amide bonds. The monoisotopic (exact) mass is 476 g/mol. The van der Waals surface area contributed by atoms with Crippen LogP contribution in [0.5, 0.6) is 0 Å². The number of piperidine rings is 1. The second-order valence-corrected chi connectivity index (χ2v) is 9.85. The summed E-state index contributed by atoms with van der Waals surface area (Å²) in [5, 5.41) is 1.39. The summed E-state index contributed by atoms with van der Waals surface area (Å²) in [5.41, 5.74) is 2.81. The standard InChI is InChI=1S/C24H36N4O6/c1-17(2)26(23(31)34-24(3,4)5)13-14-32-25-21(29)20-12-11-19-15-27(20)22(30)28(19)33-16-18-9-7-6-8-10-18/h6-10,17,19-20H,11-16H2,1-5H3,(H,25,29)/t19-,20?/m1/s1. The van der Waals surface area contributed by atoms with Crippen molar-refractivity contribution in [1.82, 2.24) is 20.3 Å². The van der Waals surface area contributed by atoms with Crippen LogP contribution in [0.1, 0.15) is 53.0 Å². The van der Waals surface area contributed by atoms with E-state index in [1.165, 1.54) is 14.9 Å². The van der Waals surface area contributed by atoms with Gasteiger partial charge in [0.2, 0.25) is 0 Å². The van der Waals surface area contributed by atoms with E-state index in [2.05, 4.69) is 5.48 Å². The van der Waals surface area contributed by atoms with Crippen LogP contribution in [0, 0.1) is 0 Å². The van der Waals surface area contributed by atoms with E-state index in [1.807, 2.05) is 65.0 Å². The first-order valence-electron chi connectivity index (χ1n) is 11.7. The zero-order chi connectivity index (χ0) is 24.9. The van der Waals surface area contributed by atoms with Crippen LogP contribution in [0.4, 0.5) is 9.59 Å². The van der Waals surface area contributed by atoms with Gasteiger partial charge in [0.05, 0.1) is 19.2 Å². The Hall–Kier alpha value is -2.85. The highest BCUT2D eigenvalue weighted by atomic mass is 16.7. The average molecular weight is 477 g/mol. The molecular formula is C24H36N4O6. The fourth-order valence-corrected chi connectivity index (χ4v) is 4.00. The molecule has 0 radical (unpaired) electrons. The lowest BCUT2D eigenvalue weighted by molar-refractivity contribution is -0.141. The quantitative estimate of drug-likeness (QED) is 0.434. The Morgan fingerprint density at radius 1 is 1.18 bits per heavy atom. The summed E-state index contributed by atoms with van der Waals surface area (Å²) >= 11 is 0. The van der Waals surface area contributed by atoms with Crippen LogP contribution in [-0.4, -0.2) is 76.3 Å². The molecule has 3 rings (SSSR count). The molecule has 0 spiro atoms. The van der Waals surface area contributed by atoms with Crippen LogP contribution >= 0.6 is 0 Å². The summed E-state index contributed by atoms with van der Waals surface area (Å²) in [6.45, 7) is 10.3. The van der Waals surface area contributed by atoms with Crippen molar-refractivity contribution < 1.29 is 28.8 Å². The normalized spacial score (nSPS) is 20.0. The van der Waals surface area contributed by atoms with Crippen LogP contribution in [0.3, 0.4) is 0 Å². The zero-order valence-corrected chi connectivity index (χ0v) is 20.7. The topological polar surface area (TPSA) is 101 Å². The van der Waals surface area contributed by atoms with Crippen molar-refractivity contribution in [2.75, 3.05) is 19.7 Å². The van der Waals surface area contributed by atoms with Crippen molar-refractivity contribution in [1.29, 1.82) is 0 Å². The Morgan fingerprint density at radius 2 is 1.88 bits per heavy atom. The predicted octanol–water partition coefficient (Wildman–Crippen LogP) is 3.08. The first kappa shape index (κ1) is 25.8. The van der Waals surface area contributed by atoms with Crippen molar-refractivity contribution in [2.45, 2.75) is 77.8 Å². The third-order valence-corrected chi connectivity index (χ3v) is 5.70. The summed E-state index contributed by atoms with van der Waals surface area (Å²) in [6.07, 6.45) is 0.746. The van der Waals surface area contributed by atoms with Crippen molar-refractivity contribution in [3.8, 4) is 0 Å². The number of benzene rings is 1. The van der Waals surface area contributed by atoms with Gasteiger partial charge in [-0.25, -0.2) is 15.1 Å². The summed E-state index contributed by atoms with van der Waals surface area (Å²) < 4.78 is 5.42. The number of fused-ring (bicyclic) bond motifs is 2. The average Bonchev–Trinajstić information content (AvgIpc) is 3.00. The lowest BCUT2D eigenvalue weighted by Gasteiger charge is -2.30. The fraction of sp³-hybridized carbons (Fsp3) is 0.625. The van der Waals surface area contributed by atoms with E-state index in [9.17, 15) is 14.4 Å². The summed E-state index contributed by atoms with van der Waals surface area (Å²) in [4.78, 5) is 52.1. The molecule has 188 valence electrons. The number of nitrogens with zero attached hydrogens (tertiary/aromatic N) is 3. The molecule has 2 fully saturated rings. The van der Waals surface area contributed by atoms with E-state index in [-0.39, 0.29) is 37.2 Å². The molecule has 1 N–H and O–H groups in total. The second-order valence-electron chi connectivity index (χ2n) is 9.85. The van der Waals surface area contributed by atoms with Gasteiger partial charge in [0.15, 0.2) is 0 Å². The number of nitrogens with one attached hydrogen (secondary N) is 1. The summed E-state index contributed by atoms with van der Waals surface area (Å²) in [5.74, 6) is -0.384. The highest BCUT2D eigenvalue weighted by molar-refractivity contribution is 5.88. The first-order chi connectivity index (χ1) is 16.1. The number of hydrogen-bond acceptors (Lipinski definition) is 6. The second kappa shape index (κ2) is 11.1. The van der Waals surface area contributed by atoms with Crippen LogP contribution in [0.25, 0.3) is 0 Å². The third kappa shape index (κ3) is 6.60. The number of urea groups is 1. The molecule has 1 aromatic carbocycles. The third-order valence-electron chi connectivity index (χ3n) is 5.70. The molecule has 0 saturated carbocycles. The SMILES string of the molecule is CC(C)N(CCONC(=O)C1CC[C@@H]2CN1C(=O)N2OCc1ccccc1)C(=O)OC(C)(C)C. The maximum atomic E-state index is 12.9. The Bertz CT molecular complexity index is 857. The van der Waals surface area contributed by atoms with E-state index in [4.69, 9.17) is 14.4 Å². The van der Waals surface area contributed by atoms with Gasteiger partial charge in [0.1, 0.15) is 18.2 Å². The number of hydrogen-bond donors (Lipinski definition) is 1. The van der Waals surface area contributed by atoms with Crippen molar-refractivity contribution >= 4 is 18.0 Å². The van der Waals surface area contributed by atoms with Gasteiger partial charge in [0.25, 0.3) is 5.91 Å². The van der Waals surface area contributed by atoms with Crippen LogP contribution < -0.4 is 5.48 Å². The minimum atomic E-state index is -0.624. The van der Waals surface area contributed by atoms with E-state index in [0.29, 0.717) is 26.0 Å². The van der Waals surface area contributed by atoms with Gasteiger partial charge in [-0.3, -0.25) is 14.5 Å². The summed E-state index contributed by atoms with van der Waals surface area (Å²) in [6, 6.07) is 8.53. The predicted molar refractivity (Wildman–Crippen MR) is 124 cm³/mol. The molecule has 0 aliphatic carbocycles. The number of carbonyl (C=O) groups is 3. The van der Waals surface area contributed by atoms with Crippen LogP contribution in [0.2, 0.25) is 0 Å². The maximum absolute atomic E-state index is 12.9. The lowest BCUT2D eigenvalue weighted by atomic mass is 10.0. The molecular weight excluding hydrogens is 440 g/mol. The Morgan fingerprint density at radius 3 is 2.53 bits per heavy atom. The minimum absolute atomic E-state index is 0.0744. The van der Waals surface area contributed by atoms with Gasteiger partial charge >= 0.3 is 12.1 Å². The summed E-state index contributed by atoms with van der Waals surface area (Å²) in [7, 11) is 0. The van der Waals surface area contributed by atoms with Gasteiger partial charge in [-0.15, -0.1) is 0 Å². The van der Waals surface area contributed by atoms with Crippen LogP contribution in [0.15, 0.2) is 30.3 Å². The molecule has 1 unspecified atom stereocenters. The Labute approximate surface area is 201 Å². The molecule has 2 aliphatic heterocycles. The highest BCUT2D eigenvalue weighted by Crippen LogP contribution is 2.30. The number of rotatable bonds is 9. The molecule has 2 atom stereocenters. The molecule has 2 aliphatic rings. The zero-order valence-electron chi connectivity index (χ0n) is 20.7. The van der Waals surface area contributed by atoms with Gasteiger partial charge in [-0.05, 0) is 53.0 Å². The molecule has 2 heterocycles. The van der Waals surface area contributed by atoms with Crippen molar-refractivity contribution in [3.05, 3.63) is 35.9 Å². The largest absolute Gasteiger partial charge is 0.444 e. The number of hydroxylamine groups is 3. The maximum Gasteiger partial charge on any atom is 0.410 e. The molecule has 10 heteroatoms. The van der Waals surface area contributed by atoms with E-state index in [1.54, 1.807) is 0 Å².